The molecule has 0 amide bonds. The van der Waals surface area contributed by atoms with Crippen LogP contribution in [0.5, 0.6) is 0 Å². The highest BCUT2D eigenvalue weighted by Crippen LogP contribution is 2.20. The SMILES string of the molecule is CC(=O)c1nn(-c2ccccc2)cc1C(=O)c1cccc(C(=O)c2cn(-c3ccccc3)nc2C(C)=O)n1. The van der Waals surface area contributed by atoms with E-state index in [2.05, 4.69) is 15.2 Å². The molecule has 9 nitrogen and oxygen atoms in total. The van der Waals surface area contributed by atoms with Crippen LogP contribution in [0.2, 0.25) is 0 Å². The predicted molar refractivity (Wildman–Crippen MR) is 138 cm³/mol. The normalized spacial score (nSPS) is 10.8. The van der Waals surface area contributed by atoms with E-state index in [-0.39, 0.29) is 45.5 Å². The molecule has 0 unspecified atom stereocenters. The van der Waals surface area contributed by atoms with Gasteiger partial charge in [-0.1, -0.05) is 42.5 Å². The van der Waals surface area contributed by atoms with E-state index in [1.54, 1.807) is 24.3 Å². The molecule has 3 heterocycles. The lowest BCUT2D eigenvalue weighted by atomic mass is 10.0. The van der Waals surface area contributed by atoms with E-state index < -0.39 is 11.6 Å². The summed E-state index contributed by atoms with van der Waals surface area (Å²) in [6.45, 7) is 2.66. The molecule has 0 saturated heterocycles. The summed E-state index contributed by atoms with van der Waals surface area (Å²) in [5.41, 5.74) is 1.42. The van der Waals surface area contributed by atoms with Gasteiger partial charge in [-0.15, -0.1) is 0 Å². The van der Waals surface area contributed by atoms with Crippen LogP contribution in [0, 0.1) is 0 Å². The maximum absolute atomic E-state index is 13.4. The number of ketones is 4. The number of para-hydroxylation sites is 2. The van der Waals surface area contributed by atoms with E-state index in [4.69, 9.17) is 0 Å². The van der Waals surface area contributed by atoms with Crippen LogP contribution in [0.1, 0.15) is 66.9 Å². The standard InChI is InChI=1S/C29H21N5O4/c1-18(35)26-22(16-33(31-26)20-10-5-3-6-11-20)28(37)24-14-9-15-25(30-24)29(38)23-17-34(32-27(23)19(2)36)21-12-7-4-8-13-21/h3-17H,1-2H3. The van der Waals surface area contributed by atoms with Gasteiger partial charge >= 0.3 is 0 Å². The van der Waals surface area contributed by atoms with Gasteiger partial charge in [0.1, 0.15) is 22.8 Å². The van der Waals surface area contributed by atoms with Crippen molar-refractivity contribution in [1.29, 1.82) is 0 Å². The van der Waals surface area contributed by atoms with E-state index >= 15 is 0 Å². The number of carbonyl (C=O) groups excluding carboxylic acids is 4. The minimum absolute atomic E-state index is 0.000357. The van der Waals surface area contributed by atoms with Crippen molar-refractivity contribution in [2.75, 3.05) is 0 Å². The van der Waals surface area contributed by atoms with Crippen LogP contribution >= 0.6 is 0 Å². The van der Waals surface area contributed by atoms with Gasteiger partial charge in [0.2, 0.25) is 11.6 Å². The predicted octanol–water partition coefficient (Wildman–Crippen LogP) is 4.32. The van der Waals surface area contributed by atoms with E-state index in [1.807, 2.05) is 36.4 Å². The Hall–Kier alpha value is -5.31. The number of hydrogen-bond donors (Lipinski definition) is 0. The summed E-state index contributed by atoms with van der Waals surface area (Å²) in [5, 5.41) is 8.59. The molecule has 186 valence electrons. The van der Waals surface area contributed by atoms with Crippen molar-refractivity contribution in [1.82, 2.24) is 24.5 Å². The van der Waals surface area contributed by atoms with Gasteiger partial charge in [-0.25, -0.2) is 14.3 Å². The molecule has 3 aromatic heterocycles. The Labute approximate surface area is 217 Å². The molecule has 9 heteroatoms. The average molecular weight is 504 g/mol. The van der Waals surface area contributed by atoms with Gasteiger partial charge in [0.25, 0.3) is 0 Å². The highest BCUT2D eigenvalue weighted by atomic mass is 16.1. The molecule has 0 aliphatic carbocycles. The summed E-state index contributed by atoms with van der Waals surface area (Å²) < 4.78 is 2.91. The van der Waals surface area contributed by atoms with Crippen molar-refractivity contribution >= 4 is 23.1 Å². The second-order valence-corrected chi connectivity index (χ2v) is 8.52. The third-order valence-corrected chi connectivity index (χ3v) is 5.84. The van der Waals surface area contributed by atoms with E-state index in [0.717, 1.165) is 0 Å². The molecule has 0 spiro atoms. The van der Waals surface area contributed by atoms with Crippen LogP contribution in [0.15, 0.2) is 91.3 Å². The number of pyridine rings is 1. The zero-order valence-corrected chi connectivity index (χ0v) is 20.5. The molecule has 0 radical (unpaired) electrons. The fraction of sp³-hybridized carbons (Fsp3) is 0.0690. The molecule has 5 rings (SSSR count). The Kier molecular flexibility index (Phi) is 6.40. The maximum Gasteiger partial charge on any atom is 0.215 e. The lowest BCUT2D eigenvalue weighted by Gasteiger charge is -2.03. The maximum atomic E-state index is 13.4. The van der Waals surface area contributed by atoms with Crippen LogP contribution < -0.4 is 0 Å². The number of benzene rings is 2. The summed E-state index contributed by atoms with van der Waals surface area (Å²) >= 11 is 0. The summed E-state index contributed by atoms with van der Waals surface area (Å²) in [6.07, 6.45) is 2.95. The first-order valence-electron chi connectivity index (χ1n) is 11.7. The van der Waals surface area contributed by atoms with Gasteiger partial charge in [-0.05, 0) is 36.4 Å². The molecule has 0 bridgehead atoms. The Morgan fingerprint density at radius 2 is 0.947 bits per heavy atom. The number of hydrogen-bond acceptors (Lipinski definition) is 7. The van der Waals surface area contributed by atoms with Crippen LogP contribution in [-0.4, -0.2) is 47.7 Å². The van der Waals surface area contributed by atoms with Crippen LogP contribution in [-0.2, 0) is 0 Å². The van der Waals surface area contributed by atoms with Gasteiger partial charge in [0.05, 0.1) is 22.5 Å². The highest BCUT2D eigenvalue weighted by molar-refractivity contribution is 6.16. The summed E-state index contributed by atoms with van der Waals surface area (Å²) in [4.78, 5) is 55.7. The van der Waals surface area contributed by atoms with Gasteiger partial charge in [-0.2, -0.15) is 10.2 Å². The topological polar surface area (TPSA) is 117 Å². The molecular weight excluding hydrogens is 482 g/mol. The van der Waals surface area contributed by atoms with Gasteiger partial charge in [0.15, 0.2) is 11.6 Å². The van der Waals surface area contributed by atoms with Gasteiger partial charge in [-0.3, -0.25) is 19.2 Å². The Morgan fingerprint density at radius 3 is 1.32 bits per heavy atom. The first-order chi connectivity index (χ1) is 18.3. The molecular formula is C29H21N5O4. The molecule has 5 aromatic rings. The van der Waals surface area contributed by atoms with Crippen LogP contribution in [0.25, 0.3) is 11.4 Å². The molecule has 38 heavy (non-hydrogen) atoms. The molecule has 0 saturated carbocycles. The van der Waals surface area contributed by atoms with E-state index in [9.17, 15) is 19.2 Å². The third kappa shape index (κ3) is 4.60. The van der Waals surface area contributed by atoms with Crippen molar-refractivity contribution in [2.45, 2.75) is 13.8 Å². The summed E-state index contributed by atoms with van der Waals surface area (Å²) in [6, 6.07) is 22.6. The second kappa shape index (κ2) is 9.98. The summed E-state index contributed by atoms with van der Waals surface area (Å²) in [7, 11) is 0. The fourth-order valence-electron chi connectivity index (χ4n) is 3.99. The van der Waals surface area contributed by atoms with Crippen molar-refractivity contribution in [3.63, 3.8) is 0 Å². The number of carbonyl (C=O) groups is 4. The third-order valence-electron chi connectivity index (χ3n) is 5.84. The molecule has 0 aliphatic rings. The van der Waals surface area contributed by atoms with Crippen LogP contribution in [0.4, 0.5) is 0 Å². The number of rotatable bonds is 8. The zero-order chi connectivity index (χ0) is 26.8. The number of aromatic nitrogens is 5. The first-order valence-corrected chi connectivity index (χ1v) is 11.7. The van der Waals surface area contributed by atoms with E-state index in [1.165, 1.54) is 53.8 Å². The van der Waals surface area contributed by atoms with Crippen molar-refractivity contribution < 1.29 is 19.2 Å². The smallest absolute Gasteiger partial charge is 0.215 e. The van der Waals surface area contributed by atoms with Crippen LogP contribution in [0.3, 0.4) is 0 Å². The lowest BCUT2D eigenvalue weighted by Crippen LogP contribution is -2.13. The lowest BCUT2D eigenvalue weighted by molar-refractivity contribution is 0.0981. The molecule has 0 aliphatic heterocycles. The minimum Gasteiger partial charge on any atom is -0.293 e. The highest BCUT2D eigenvalue weighted by Gasteiger charge is 2.26. The van der Waals surface area contributed by atoms with E-state index in [0.29, 0.717) is 11.4 Å². The Morgan fingerprint density at radius 1 is 0.553 bits per heavy atom. The van der Waals surface area contributed by atoms with Gasteiger partial charge < -0.3 is 0 Å². The first kappa shape index (κ1) is 24.4. The Bertz CT molecular complexity index is 1580. The van der Waals surface area contributed by atoms with Gasteiger partial charge in [0, 0.05) is 26.2 Å². The largest absolute Gasteiger partial charge is 0.293 e. The minimum atomic E-state index is -0.557. The molecule has 0 atom stereocenters. The summed E-state index contributed by atoms with van der Waals surface area (Å²) in [5.74, 6) is -1.87. The number of Topliss-reactive ketones (excluding diaryl/α,β-unsaturated/α-hetero) is 2. The van der Waals surface area contributed by atoms with Crippen molar-refractivity contribution in [3.8, 4) is 11.4 Å². The zero-order valence-electron chi connectivity index (χ0n) is 20.5. The van der Waals surface area contributed by atoms with Crippen molar-refractivity contribution in [3.05, 3.63) is 125 Å². The molecule has 0 N–H and O–H groups in total. The monoisotopic (exact) mass is 503 g/mol. The Balaban J connectivity index is 1.52. The molecule has 0 fully saturated rings. The molecule has 2 aromatic carbocycles. The van der Waals surface area contributed by atoms with Crippen molar-refractivity contribution in [2.24, 2.45) is 0 Å². The number of nitrogens with zero attached hydrogens (tertiary/aromatic N) is 5. The second-order valence-electron chi connectivity index (χ2n) is 8.52. The fourth-order valence-corrected chi connectivity index (χ4v) is 3.99. The quantitative estimate of drug-likeness (QED) is 0.290. The average Bonchev–Trinajstić information content (AvgIpc) is 3.59.